The van der Waals surface area contributed by atoms with E-state index >= 15 is 0 Å². The van der Waals surface area contributed by atoms with Crippen molar-refractivity contribution in [1.82, 2.24) is 15.2 Å². The van der Waals surface area contributed by atoms with E-state index in [4.69, 9.17) is 5.73 Å². The number of nitrogens with zero attached hydrogens (tertiary/aromatic N) is 3. The molecule has 0 saturated carbocycles. The number of aryl methyl sites for hydroxylation is 2. The summed E-state index contributed by atoms with van der Waals surface area (Å²) >= 11 is 0. The summed E-state index contributed by atoms with van der Waals surface area (Å²) in [6, 6.07) is -0.519. The molecule has 18 heavy (non-hydrogen) atoms. The Morgan fingerprint density at radius 3 is 2.44 bits per heavy atom. The number of hydrogen-bond acceptors (Lipinski definition) is 5. The Labute approximate surface area is 107 Å². The van der Waals surface area contributed by atoms with Crippen molar-refractivity contribution < 1.29 is 4.79 Å². The van der Waals surface area contributed by atoms with Gasteiger partial charge in [0.15, 0.2) is 0 Å². The van der Waals surface area contributed by atoms with Gasteiger partial charge in [-0.05, 0) is 19.3 Å². The van der Waals surface area contributed by atoms with E-state index in [1.165, 1.54) is 0 Å². The molecule has 1 rings (SSSR count). The van der Waals surface area contributed by atoms with Crippen molar-refractivity contribution in [2.75, 3.05) is 5.32 Å². The fourth-order valence-electron chi connectivity index (χ4n) is 1.64. The Kier molecular flexibility index (Phi) is 5.64. The third-order valence-corrected chi connectivity index (χ3v) is 2.68. The summed E-state index contributed by atoms with van der Waals surface area (Å²) < 4.78 is 0. The van der Waals surface area contributed by atoms with E-state index in [0.29, 0.717) is 6.42 Å². The minimum atomic E-state index is -0.519. The molecule has 0 bridgehead atoms. The molecule has 1 unspecified atom stereocenters. The highest BCUT2D eigenvalue weighted by molar-refractivity contribution is 5.93. The second-order valence-corrected chi connectivity index (χ2v) is 4.12. The molecule has 6 nitrogen and oxygen atoms in total. The van der Waals surface area contributed by atoms with Gasteiger partial charge in [-0.15, -0.1) is 10.2 Å². The molecule has 1 atom stereocenters. The first-order chi connectivity index (χ1) is 8.62. The van der Waals surface area contributed by atoms with E-state index in [0.717, 1.165) is 30.7 Å². The molecule has 0 aliphatic rings. The van der Waals surface area contributed by atoms with Gasteiger partial charge in [-0.25, -0.2) is 4.98 Å². The lowest BCUT2D eigenvalue weighted by Gasteiger charge is -2.10. The lowest BCUT2D eigenvalue weighted by atomic mass is 10.2. The Balaban J connectivity index is 2.76. The summed E-state index contributed by atoms with van der Waals surface area (Å²) in [7, 11) is 0. The zero-order valence-electron chi connectivity index (χ0n) is 11.2. The van der Waals surface area contributed by atoms with Crippen LogP contribution in [0.25, 0.3) is 0 Å². The standard InChI is InChI=1S/C12H21N5O/c1-4-7-8(13)11(18)15-12-14-9(5-2)10(6-3)16-17-12/h8H,4-7,13H2,1-3H3,(H,14,15,17,18). The van der Waals surface area contributed by atoms with Crippen molar-refractivity contribution in [2.24, 2.45) is 5.73 Å². The van der Waals surface area contributed by atoms with E-state index in [-0.39, 0.29) is 11.9 Å². The monoisotopic (exact) mass is 251 g/mol. The van der Waals surface area contributed by atoms with Gasteiger partial charge >= 0.3 is 0 Å². The molecule has 0 aliphatic heterocycles. The summed E-state index contributed by atoms with van der Waals surface area (Å²) in [6.07, 6.45) is 3.06. The Morgan fingerprint density at radius 2 is 1.89 bits per heavy atom. The number of carbonyl (C=O) groups excluding carboxylic acids is 1. The Morgan fingerprint density at radius 1 is 1.22 bits per heavy atom. The van der Waals surface area contributed by atoms with Crippen molar-refractivity contribution in [3.8, 4) is 0 Å². The normalized spacial score (nSPS) is 12.2. The third-order valence-electron chi connectivity index (χ3n) is 2.68. The molecular formula is C12H21N5O. The molecule has 0 spiro atoms. The van der Waals surface area contributed by atoms with Gasteiger partial charge in [0.05, 0.1) is 17.4 Å². The van der Waals surface area contributed by atoms with Crippen LogP contribution >= 0.6 is 0 Å². The molecule has 0 radical (unpaired) electrons. The smallest absolute Gasteiger partial charge is 0.249 e. The molecule has 100 valence electrons. The van der Waals surface area contributed by atoms with Crippen molar-refractivity contribution in [1.29, 1.82) is 0 Å². The number of anilines is 1. The average molecular weight is 251 g/mol. The molecular weight excluding hydrogens is 230 g/mol. The van der Waals surface area contributed by atoms with Gasteiger partial charge in [-0.3, -0.25) is 10.1 Å². The molecule has 1 amide bonds. The van der Waals surface area contributed by atoms with Gasteiger partial charge < -0.3 is 5.73 Å². The van der Waals surface area contributed by atoms with E-state index in [9.17, 15) is 4.79 Å². The summed E-state index contributed by atoms with van der Waals surface area (Å²) in [5.74, 6) is -0.0226. The number of aromatic nitrogens is 3. The van der Waals surface area contributed by atoms with Crippen LogP contribution in [0.4, 0.5) is 5.95 Å². The first-order valence-corrected chi connectivity index (χ1v) is 6.41. The molecule has 0 aliphatic carbocycles. The van der Waals surface area contributed by atoms with Gasteiger partial charge in [0.2, 0.25) is 11.9 Å². The van der Waals surface area contributed by atoms with Crippen LogP contribution in [0.15, 0.2) is 0 Å². The SMILES string of the molecule is CCCC(N)C(=O)Nc1nnc(CC)c(CC)n1. The number of rotatable bonds is 6. The molecule has 6 heteroatoms. The van der Waals surface area contributed by atoms with Crippen LogP contribution in [0.3, 0.4) is 0 Å². The highest BCUT2D eigenvalue weighted by Crippen LogP contribution is 2.07. The minimum absolute atomic E-state index is 0.237. The highest BCUT2D eigenvalue weighted by atomic mass is 16.2. The lowest BCUT2D eigenvalue weighted by molar-refractivity contribution is -0.117. The fraction of sp³-hybridized carbons (Fsp3) is 0.667. The number of nitrogens with one attached hydrogen (secondary N) is 1. The van der Waals surface area contributed by atoms with E-state index in [2.05, 4.69) is 20.5 Å². The molecule has 1 heterocycles. The predicted octanol–water partition coefficient (Wildman–Crippen LogP) is 1.06. The molecule has 1 aromatic rings. The summed E-state index contributed by atoms with van der Waals surface area (Å²) in [5, 5.41) is 10.6. The van der Waals surface area contributed by atoms with Gasteiger partial charge in [-0.2, -0.15) is 0 Å². The van der Waals surface area contributed by atoms with E-state index in [1.807, 2.05) is 20.8 Å². The number of hydrogen-bond donors (Lipinski definition) is 2. The maximum absolute atomic E-state index is 11.7. The average Bonchev–Trinajstić information content (AvgIpc) is 2.38. The Hall–Kier alpha value is -1.56. The Bertz CT molecular complexity index is 407. The number of nitrogens with two attached hydrogens (primary N) is 1. The fourth-order valence-corrected chi connectivity index (χ4v) is 1.64. The molecule has 0 aromatic carbocycles. The van der Waals surface area contributed by atoms with Gasteiger partial charge in [-0.1, -0.05) is 27.2 Å². The maximum Gasteiger partial charge on any atom is 0.249 e. The second kappa shape index (κ2) is 7.00. The van der Waals surface area contributed by atoms with Gasteiger partial charge in [0.25, 0.3) is 0 Å². The summed E-state index contributed by atoms with van der Waals surface area (Å²) in [6.45, 7) is 5.98. The largest absolute Gasteiger partial charge is 0.320 e. The third kappa shape index (κ3) is 3.73. The lowest BCUT2D eigenvalue weighted by Crippen LogP contribution is -2.36. The second-order valence-electron chi connectivity index (χ2n) is 4.12. The van der Waals surface area contributed by atoms with Crippen LogP contribution in [0.1, 0.15) is 45.0 Å². The van der Waals surface area contributed by atoms with Crippen molar-refractivity contribution in [3.63, 3.8) is 0 Å². The van der Waals surface area contributed by atoms with Crippen LogP contribution in [0.2, 0.25) is 0 Å². The van der Waals surface area contributed by atoms with E-state index < -0.39 is 6.04 Å². The minimum Gasteiger partial charge on any atom is -0.320 e. The van der Waals surface area contributed by atoms with Crippen molar-refractivity contribution >= 4 is 11.9 Å². The van der Waals surface area contributed by atoms with Crippen molar-refractivity contribution in [2.45, 2.75) is 52.5 Å². The zero-order chi connectivity index (χ0) is 13.5. The molecule has 3 N–H and O–H groups in total. The first-order valence-electron chi connectivity index (χ1n) is 6.41. The zero-order valence-corrected chi connectivity index (χ0v) is 11.2. The topological polar surface area (TPSA) is 93.8 Å². The van der Waals surface area contributed by atoms with Gasteiger partial charge in [0.1, 0.15) is 0 Å². The van der Waals surface area contributed by atoms with E-state index in [1.54, 1.807) is 0 Å². The van der Waals surface area contributed by atoms with Gasteiger partial charge in [0, 0.05) is 0 Å². The van der Waals surface area contributed by atoms with Crippen molar-refractivity contribution in [3.05, 3.63) is 11.4 Å². The first kappa shape index (κ1) is 14.5. The van der Waals surface area contributed by atoms with Crippen LogP contribution in [-0.4, -0.2) is 27.1 Å². The number of amides is 1. The summed E-state index contributed by atoms with van der Waals surface area (Å²) in [5.41, 5.74) is 7.45. The molecule has 0 fully saturated rings. The van der Waals surface area contributed by atoms with Crippen LogP contribution < -0.4 is 11.1 Å². The quantitative estimate of drug-likeness (QED) is 0.788. The number of carbonyl (C=O) groups is 1. The molecule has 1 aromatic heterocycles. The predicted molar refractivity (Wildman–Crippen MR) is 70.1 cm³/mol. The van der Waals surface area contributed by atoms with Crippen LogP contribution in [0, 0.1) is 0 Å². The summed E-state index contributed by atoms with van der Waals surface area (Å²) in [4.78, 5) is 16.0. The van der Waals surface area contributed by atoms with Crippen LogP contribution in [-0.2, 0) is 17.6 Å². The maximum atomic E-state index is 11.7. The van der Waals surface area contributed by atoms with Crippen LogP contribution in [0.5, 0.6) is 0 Å². The highest BCUT2D eigenvalue weighted by Gasteiger charge is 2.14. The molecule has 0 saturated heterocycles.